The predicted octanol–water partition coefficient (Wildman–Crippen LogP) is 13.8. The summed E-state index contributed by atoms with van der Waals surface area (Å²) in [6.07, 6.45) is 0. The van der Waals surface area contributed by atoms with Crippen LogP contribution in [-0.2, 0) is 5.41 Å². The second-order valence-corrected chi connectivity index (χ2v) is 14.2. The molecule has 0 atom stereocenters. The van der Waals surface area contributed by atoms with Crippen molar-refractivity contribution < 1.29 is 4.42 Å². The lowest BCUT2D eigenvalue weighted by Gasteiger charge is -2.27. The predicted molar refractivity (Wildman–Crippen MR) is 214 cm³/mol. The maximum absolute atomic E-state index is 6.30. The van der Waals surface area contributed by atoms with Crippen LogP contribution in [0, 0.1) is 0 Å². The van der Waals surface area contributed by atoms with Crippen LogP contribution in [0.1, 0.15) is 25.0 Å². The van der Waals surface area contributed by atoms with Crippen LogP contribution in [0.3, 0.4) is 0 Å². The van der Waals surface area contributed by atoms with Crippen LogP contribution >= 0.6 is 0 Å². The fourth-order valence-electron chi connectivity index (χ4n) is 8.17. The van der Waals surface area contributed by atoms with Gasteiger partial charge in [-0.2, -0.15) is 0 Å². The van der Waals surface area contributed by atoms with Crippen molar-refractivity contribution in [2.45, 2.75) is 19.3 Å². The second kappa shape index (κ2) is 11.3. The molecule has 0 N–H and O–H groups in total. The Labute approximate surface area is 297 Å². The molecule has 0 aliphatic heterocycles. The molecule has 1 aliphatic carbocycles. The van der Waals surface area contributed by atoms with Gasteiger partial charge in [-0.05, 0) is 116 Å². The molecule has 0 unspecified atom stereocenters. The van der Waals surface area contributed by atoms with Crippen LogP contribution in [0.2, 0.25) is 0 Å². The maximum Gasteiger partial charge on any atom is 0.136 e. The number of benzene rings is 8. The average Bonchev–Trinajstić information content (AvgIpc) is 3.65. The number of rotatable bonds is 5. The van der Waals surface area contributed by atoms with E-state index in [-0.39, 0.29) is 5.41 Å². The summed E-state index contributed by atoms with van der Waals surface area (Å²) in [5.41, 5.74) is 15.3. The van der Waals surface area contributed by atoms with Gasteiger partial charge in [-0.25, -0.2) is 0 Å². The van der Waals surface area contributed by atoms with Gasteiger partial charge in [0.2, 0.25) is 0 Å². The van der Waals surface area contributed by atoms with Gasteiger partial charge in [-0.15, -0.1) is 0 Å². The Balaban J connectivity index is 1.07. The first-order valence-corrected chi connectivity index (χ1v) is 17.7. The molecule has 1 aromatic heterocycles. The highest BCUT2D eigenvalue weighted by Gasteiger charge is 2.35. The summed E-state index contributed by atoms with van der Waals surface area (Å²) >= 11 is 0. The zero-order valence-corrected chi connectivity index (χ0v) is 28.6. The van der Waals surface area contributed by atoms with Gasteiger partial charge in [-0.3, -0.25) is 0 Å². The number of hydrogen-bond acceptors (Lipinski definition) is 2. The summed E-state index contributed by atoms with van der Waals surface area (Å²) in [4.78, 5) is 2.38. The molecule has 242 valence electrons. The fourth-order valence-corrected chi connectivity index (χ4v) is 8.17. The smallest absolute Gasteiger partial charge is 0.136 e. The average molecular weight is 654 g/mol. The van der Waals surface area contributed by atoms with Crippen LogP contribution in [0.15, 0.2) is 180 Å². The van der Waals surface area contributed by atoms with Crippen LogP contribution in [0.25, 0.3) is 66.1 Å². The van der Waals surface area contributed by atoms with E-state index in [2.05, 4.69) is 195 Å². The Morgan fingerprint density at radius 1 is 0.392 bits per heavy atom. The quantitative estimate of drug-likeness (QED) is 0.184. The van der Waals surface area contributed by atoms with Gasteiger partial charge >= 0.3 is 0 Å². The summed E-state index contributed by atoms with van der Waals surface area (Å²) in [7, 11) is 0. The Morgan fingerprint density at radius 2 is 0.941 bits per heavy atom. The molecule has 0 saturated heterocycles. The van der Waals surface area contributed by atoms with Crippen molar-refractivity contribution in [3.63, 3.8) is 0 Å². The Kier molecular flexibility index (Phi) is 6.56. The van der Waals surface area contributed by atoms with Crippen molar-refractivity contribution in [3.8, 4) is 33.4 Å². The lowest BCUT2D eigenvalue weighted by molar-refractivity contribution is 0.660. The minimum absolute atomic E-state index is 0.0389. The largest absolute Gasteiger partial charge is 0.456 e. The van der Waals surface area contributed by atoms with E-state index in [9.17, 15) is 0 Å². The minimum Gasteiger partial charge on any atom is -0.456 e. The normalized spacial score (nSPS) is 13.1. The van der Waals surface area contributed by atoms with Crippen molar-refractivity contribution >= 4 is 49.8 Å². The van der Waals surface area contributed by atoms with Gasteiger partial charge in [0.1, 0.15) is 11.2 Å². The SMILES string of the molecule is CC1(C)c2ccccc2-c2cc(N(c3ccc(-c4ccccc4)cc3)c3ccc(-c4ccc5oc6cc7ccccc7cc6c5c4)cc3)ccc21. The summed E-state index contributed by atoms with van der Waals surface area (Å²) in [6, 6.07) is 63.7. The molecule has 0 bridgehead atoms. The summed E-state index contributed by atoms with van der Waals surface area (Å²) in [5.74, 6) is 0. The zero-order valence-electron chi connectivity index (χ0n) is 28.6. The molecular formula is C49H35NO. The van der Waals surface area contributed by atoms with E-state index in [0.717, 1.165) is 39.0 Å². The van der Waals surface area contributed by atoms with Crippen molar-refractivity contribution in [3.05, 3.63) is 187 Å². The van der Waals surface area contributed by atoms with Gasteiger partial charge in [0.05, 0.1) is 0 Å². The summed E-state index contributed by atoms with van der Waals surface area (Å²) in [5, 5.41) is 4.70. The second-order valence-electron chi connectivity index (χ2n) is 14.2. The van der Waals surface area contributed by atoms with Crippen LogP contribution in [-0.4, -0.2) is 0 Å². The lowest BCUT2D eigenvalue weighted by atomic mass is 9.82. The van der Waals surface area contributed by atoms with E-state index in [0.29, 0.717) is 0 Å². The number of anilines is 3. The Morgan fingerprint density at radius 3 is 1.69 bits per heavy atom. The molecule has 51 heavy (non-hydrogen) atoms. The molecular weight excluding hydrogens is 619 g/mol. The van der Waals surface area contributed by atoms with Crippen LogP contribution in [0.4, 0.5) is 17.1 Å². The van der Waals surface area contributed by atoms with Gasteiger partial charge in [-0.1, -0.05) is 129 Å². The van der Waals surface area contributed by atoms with Gasteiger partial charge < -0.3 is 9.32 Å². The third kappa shape index (κ3) is 4.79. The third-order valence-corrected chi connectivity index (χ3v) is 10.9. The molecule has 10 rings (SSSR count). The van der Waals surface area contributed by atoms with Crippen molar-refractivity contribution in [1.29, 1.82) is 0 Å². The van der Waals surface area contributed by atoms with Crippen LogP contribution < -0.4 is 4.90 Å². The lowest BCUT2D eigenvalue weighted by Crippen LogP contribution is -2.15. The first kappa shape index (κ1) is 29.5. The molecule has 0 radical (unpaired) electrons. The van der Waals surface area contributed by atoms with Gasteiger partial charge in [0.15, 0.2) is 0 Å². The van der Waals surface area contributed by atoms with E-state index in [4.69, 9.17) is 4.42 Å². The van der Waals surface area contributed by atoms with E-state index in [1.54, 1.807) is 0 Å². The summed E-state index contributed by atoms with van der Waals surface area (Å²) < 4.78 is 6.30. The number of hydrogen-bond donors (Lipinski definition) is 0. The monoisotopic (exact) mass is 653 g/mol. The number of fused-ring (bicyclic) bond motifs is 7. The molecule has 0 fully saturated rings. The highest BCUT2D eigenvalue weighted by Crippen LogP contribution is 2.50. The van der Waals surface area contributed by atoms with E-state index < -0.39 is 0 Å². The highest BCUT2D eigenvalue weighted by molar-refractivity contribution is 6.11. The van der Waals surface area contributed by atoms with E-state index in [1.165, 1.54) is 55.3 Å². The topological polar surface area (TPSA) is 16.4 Å². The Hall–Kier alpha value is -6.38. The maximum atomic E-state index is 6.30. The molecule has 2 nitrogen and oxygen atoms in total. The molecule has 1 aliphatic rings. The van der Waals surface area contributed by atoms with Gasteiger partial charge in [0.25, 0.3) is 0 Å². The van der Waals surface area contributed by atoms with E-state index >= 15 is 0 Å². The molecule has 0 spiro atoms. The van der Waals surface area contributed by atoms with Crippen molar-refractivity contribution in [2.24, 2.45) is 0 Å². The minimum atomic E-state index is -0.0389. The fraction of sp³-hybridized carbons (Fsp3) is 0.0612. The van der Waals surface area contributed by atoms with Crippen LogP contribution in [0.5, 0.6) is 0 Å². The number of furan rings is 1. The van der Waals surface area contributed by atoms with E-state index in [1.807, 2.05) is 0 Å². The van der Waals surface area contributed by atoms with Crippen molar-refractivity contribution in [2.75, 3.05) is 4.90 Å². The third-order valence-electron chi connectivity index (χ3n) is 10.9. The van der Waals surface area contributed by atoms with Gasteiger partial charge in [0, 0.05) is 33.2 Å². The standard InChI is InChI=1S/C49H35NO/c1-49(2)45-15-9-8-14-41(45)42-31-40(25-26-46(42)49)50(38-21-16-33(17-22-38)32-10-4-3-5-11-32)39-23-18-34(19-24-39)37-20-27-47-43(29-37)44-28-35-12-6-7-13-36(35)30-48(44)51-47/h3-31H,1-2H3. The zero-order chi connectivity index (χ0) is 34.1. The highest BCUT2D eigenvalue weighted by atomic mass is 16.3. The summed E-state index contributed by atoms with van der Waals surface area (Å²) in [6.45, 7) is 4.67. The molecule has 9 aromatic rings. The number of nitrogens with zero attached hydrogens (tertiary/aromatic N) is 1. The molecule has 8 aromatic carbocycles. The first-order chi connectivity index (χ1) is 25.0. The van der Waals surface area contributed by atoms with Crippen molar-refractivity contribution in [1.82, 2.24) is 0 Å². The first-order valence-electron chi connectivity index (χ1n) is 17.7. The molecule has 0 amide bonds. The molecule has 2 heteroatoms. The Bertz CT molecular complexity index is 2750. The molecule has 1 heterocycles. The molecule has 0 saturated carbocycles.